The molecule has 1 unspecified atom stereocenters. The third kappa shape index (κ3) is 2.46. The molecule has 0 amide bonds. The van der Waals surface area contributed by atoms with Crippen LogP contribution < -0.4 is 5.32 Å². The molecule has 2 N–H and O–H groups in total. The van der Waals surface area contributed by atoms with E-state index in [4.69, 9.17) is 4.74 Å². The maximum Gasteiger partial charge on any atom is 0.0905 e. The first-order chi connectivity index (χ1) is 7.77. The topological polar surface area (TPSA) is 41.5 Å². The Bertz CT molecular complexity index is 331. The molecule has 0 aliphatic carbocycles. The highest BCUT2D eigenvalue weighted by molar-refractivity contribution is 9.10. The lowest BCUT2D eigenvalue weighted by Crippen LogP contribution is -2.48. The van der Waals surface area contributed by atoms with Gasteiger partial charge in [-0.25, -0.2) is 0 Å². The number of ether oxygens (including phenoxy) is 1. The normalized spacial score (nSPS) is 26.4. The summed E-state index contributed by atoms with van der Waals surface area (Å²) in [5, 5.41) is 13.0. The van der Waals surface area contributed by atoms with Gasteiger partial charge in [-0.05, 0) is 30.7 Å². The lowest BCUT2D eigenvalue weighted by atomic mass is 9.91. The van der Waals surface area contributed by atoms with Crippen LogP contribution in [0.1, 0.15) is 12.0 Å². The van der Waals surface area contributed by atoms with Crippen molar-refractivity contribution in [3.05, 3.63) is 34.3 Å². The van der Waals surface area contributed by atoms with Gasteiger partial charge in [0.15, 0.2) is 0 Å². The van der Waals surface area contributed by atoms with Crippen LogP contribution in [0.5, 0.6) is 0 Å². The van der Waals surface area contributed by atoms with Crippen LogP contribution in [-0.4, -0.2) is 31.5 Å². The number of halogens is 1. The van der Waals surface area contributed by atoms with E-state index in [-0.39, 0.29) is 6.61 Å². The van der Waals surface area contributed by atoms with Crippen LogP contribution in [0.25, 0.3) is 0 Å². The molecule has 1 aromatic rings. The molecule has 3 nitrogen and oxygen atoms in total. The van der Waals surface area contributed by atoms with Crippen molar-refractivity contribution < 1.29 is 9.84 Å². The Morgan fingerprint density at radius 2 is 2.12 bits per heavy atom. The summed E-state index contributed by atoms with van der Waals surface area (Å²) in [6, 6.07) is 8.00. The molecule has 2 rings (SSSR count). The van der Waals surface area contributed by atoms with Gasteiger partial charge in [-0.2, -0.15) is 0 Å². The predicted octanol–water partition coefficient (Wildman–Crippen LogP) is 1.65. The molecular formula is C12H16BrNO2. The van der Waals surface area contributed by atoms with Crippen molar-refractivity contribution in [1.29, 1.82) is 0 Å². The van der Waals surface area contributed by atoms with Crippen LogP contribution in [0, 0.1) is 0 Å². The monoisotopic (exact) mass is 285 g/mol. The summed E-state index contributed by atoms with van der Waals surface area (Å²) in [6.07, 6.45) is 0.984. The first-order valence-corrected chi connectivity index (χ1v) is 6.26. The van der Waals surface area contributed by atoms with Crippen molar-refractivity contribution in [2.75, 3.05) is 26.4 Å². The van der Waals surface area contributed by atoms with Crippen LogP contribution >= 0.6 is 15.9 Å². The van der Waals surface area contributed by atoms with Gasteiger partial charge in [-0.15, -0.1) is 0 Å². The van der Waals surface area contributed by atoms with Gasteiger partial charge in [-0.1, -0.05) is 28.1 Å². The van der Waals surface area contributed by atoms with Crippen LogP contribution in [-0.2, 0) is 10.3 Å². The molecule has 0 spiro atoms. The average Bonchev–Trinajstić information content (AvgIpc) is 2.56. The number of nitrogens with one attached hydrogen (secondary N) is 1. The van der Waals surface area contributed by atoms with Crippen molar-refractivity contribution in [1.82, 2.24) is 5.32 Å². The fourth-order valence-corrected chi connectivity index (χ4v) is 2.21. The van der Waals surface area contributed by atoms with Crippen molar-refractivity contribution in [3.8, 4) is 0 Å². The molecular weight excluding hydrogens is 270 g/mol. The summed E-state index contributed by atoms with van der Waals surface area (Å²) in [5.41, 5.74) is 0.622. The number of hydrogen-bond donors (Lipinski definition) is 2. The standard InChI is InChI=1S/C12H16BrNO2/c13-11-4-2-10(3-5-11)12(8-15)9-16-7-1-6-14-12/h2-5,14-15H,1,6-9H2. The van der Waals surface area contributed by atoms with Gasteiger partial charge in [0, 0.05) is 11.1 Å². The summed E-state index contributed by atoms with van der Waals surface area (Å²) in [7, 11) is 0. The van der Waals surface area contributed by atoms with E-state index in [0.29, 0.717) is 6.61 Å². The first-order valence-electron chi connectivity index (χ1n) is 5.46. The SMILES string of the molecule is OCC1(c2ccc(Br)cc2)COCCCN1. The van der Waals surface area contributed by atoms with Gasteiger partial charge in [-0.3, -0.25) is 0 Å². The zero-order valence-electron chi connectivity index (χ0n) is 9.08. The fraction of sp³-hybridized carbons (Fsp3) is 0.500. The molecule has 0 radical (unpaired) electrons. The van der Waals surface area contributed by atoms with E-state index in [9.17, 15) is 5.11 Å². The average molecular weight is 286 g/mol. The lowest BCUT2D eigenvalue weighted by molar-refractivity contribution is 0.0551. The second-order valence-corrected chi connectivity index (χ2v) is 5.00. The molecule has 1 fully saturated rings. The molecule has 0 aromatic heterocycles. The van der Waals surface area contributed by atoms with Crippen molar-refractivity contribution in [3.63, 3.8) is 0 Å². The minimum Gasteiger partial charge on any atom is -0.394 e. The van der Waals surface area contributed by atoms with E-state index in [2.05, 4.69) is 21.2 Å². The number of aliphatic hydroxyl groups excluding tert-OH is 1. The van der Waals surface area contributed by atoms with E-state index < -0.39 is 5.54 Å². The molecule has 1 heterocycles. The van der Waals surface area contributed by atoms with Crippen molar-refractivity contribution >= 4 is 15.9 Å². The third-order valence-electron chi connectivity index (χ3n) is 2.94. The fourth-order valence-electron chi connectivity index (χ4n) is 1.95. The van der Waals surface area contributed by atoms with Crippen LogP contribution in [0.4, 0.5) is 0 Å². The highest BCUT2D eigenvalue weighted by atomic mass is 79.9. The van der Waals surface area contributed by atoms with Gasteiger partial charge in [0.05, 0.1) is 18.8 Å². The molecule has 0 bridgehead atoms. The van der Waals surface area contributed by atoms with Gasteiger partial charge in [0.2, 0.25) is 0 Å². The Morgan fingerprint density at radius 3 is 2.81 bits per heavy atom. The van der Waals surface area contributed by atoms with E-state index in [1.54, 1.807) is 0 Å². The van der Waals surface area contributed by atoms with Crippen LogP contribution in [0.3, 0.4) is 0 Å². The minimum atomic E-state index is -0.447. The summed E-state index contributed by atoms with van der Waals surface area (Å²) in [4.78, 5) is 0. The second-order valence-electron chi connectivity index (χ2n) is 4.08. The molecule has 1 atom stereocenters. The van der Waals surface area contributed by atoms with Gasteiger partial charge < -0.3 is 15.2 Å². The number of aliphatic hydroxyl groups is 1. The molecule has 16 heavy (non-hydrogen) atoms. The van der Waals surface area contributed by atoms with Gasteiger partial charge in [0.25, 0.3) is 0 Å². The van der Waals surface area contributed by atoms with Crippen LogP contribution in [0.2, 0.25) is 0 Å². The minimum absolute atomic E-state index is 0.0502. The third-order valence-corrected chi connectivity index (χ3v) is 3.47. The highest BCUT2D eigenvalue weighted by Gasteiger charge is 2.32. The molecule has 4 heteroatoms. The smallest absolute Gasteiger partial charge is 0.0905 e. The van der Waals surface area contributed by atoms with Crippen LogP contribution in [0.15, 0.2) is 28.7 Å². The molecule has 1 aliphatic heterocycles. The largest absolute Gasteiger partial charge is 0.394 e. The maximum absolute atomic E-state index is 9.64. The summed E-state index contributed by atoms with van der Waals surface area (Å²) >= 11 is 3.41. The van der Waals surface area contributed by atoms with Crippen molar-refractivity contribution in [2.24, 2.45) is 0 Å². The molecule has 1 aromatic carbocycles. The van der Waals surface area contributed by atoms with Gasteiger partial charge >= 0.3 is 0 Å². The summed E-state index contributed by atoms with van der Waals surface area (Å²) < 4.78 is 6.59. The van der Waals surface area contributed by atoms with Gasteiger partial charge in [0.1, 0.15) is 0 Å². The first kappa shape index (κ1) is 12.0. The summed E-state index contributed by atoms with van der Waals surface area (Å²) in [5.74, 6) is 0. The Kier molecular flexibility index (Phi) is 3.97. The quantitative estimate of drug-likeness (QED) is 0.868. The van der Waals surface area contributed by atoms with E-state index in [0.717, 1.165) is 29.6 Å². The van der Waals surface area contributed by atoms with E-state index in [1.165, 1.54) is 0 Å². The Hall–Kier alpha value is -0.420. The Balaban J connectivity index is 2.28. The molecule has 1 aliphatic rings. The highest BCUT2D eigenvalue weighted by Crippen LogP contribution is 2.24. The van der Waals surface area contributed by atoms with E-state index >= 15 is 0 Å². The van der Waals surface area contributed by atoms with Crippen molar-refractivity contribution in [2.45, 2.75) is 12.0 Å². The summed E-state index contributed by atoms with van der Waals surface area (Å²) in [6.45, 7) is 2.20. The molecule has 0 saturated carbocycles. The maximum atomic E-state index is 9.64. The van der Waals surface area contributed by atoms with E-state index in [1.807, 2.05) is 24.3 Å². The number of hydrogen-bond acceptors (Lipinski definition) is 3. The molecule has 88 valence electrons. The predicted molar refractivity (Wildman–Crippen MR) is 66.3 cm³/mol. The number of rotatable bonds is 2. The zero-order chi connectivity index (χ0) is 11.4. The Morgan fingerprint density at radius 1 is 1.38 bits per heavy atom. The number of benzene rings is 1. The zero-order valence-corrected chi connectivity index (χ0v) is 10.7. The Labute approximate surface area is 104 Å². The lowest BCUT2D eigenvalue weighted by Gasteiger charge is -2.31. The second kappa shape index (κ2) is 5.27. The molecule has 1 saturated heterocycles.